The zero-order valence-electron chi connectivity index (χ0n) is 9.96. The molecule has 74 valence electrons. The smallest absolute Gasteiger partial charge is 0.338 e. The van der Waals surface area contributed by atoms with Crippen molar-refractivity contribution in [2.45, 2.75) is 0 Å². The van der Waals surface area contributed by atoms with Gasteiger partial charge in [0.05, 0.1) is 26.2 Å². The van der Waals surface area contributed by atoms with Gasteiger partial charge in [-0.3, -0.25) is 10.1 Å². The van der Waals surface area contributed by atoms with Crippen LogP contribution in [0.4, 0.5) is 5.69 Å². The first-order valence-electron chi connectivity index (χ1n) is 4.84. The highest BCUT2D eigenvalue weighted by Gasteiger charge is 2.15. The summed E-state index contributed by atoms with van der Waals surface area (Å²) in [5, 5.41) is 10.7. The van der Waals surface area contributed by atoms with Crippen molar-refractivity contribution in [2.75, 3.05) is 7.11 Å². The molecule has 0 aromatic heterocycles. The standard InChI is InChI=1S/C8H6BrNO4/c1-14-8(11)5-2-3-6(9)7(4-5)10(12)13/h2-4H,1H3/i2D,3D,4D. The van der Waals surface area contributed by atoms with Gasteiger partial charge in [-0.15, -0.1) is 0 Å². The molecule has 14 heavy (non-hydrogen) atoms. The van der Waals surface area contributed by atoms with Crippen molar-refractivity contribution >= 4 is 27.6 Å². The van der Waals surface area contributed by atoms with Crippen molar-refractivity contribution in [3.8, 4) is 0 Å². The zero-order chi connectivity index (χ0) is 13.3. The molecule has 1 aromatic carbocycles. The number of halogens is 1. The summed E-state index contributed by atoms with van der Waals surface area (Å²) in [4.78, 5) is 21.1. The lowest BCUT2D eigenvalue weighted by atomic mass is 10.2. The van der Waals surface area contributed by atoms with Crippen LogP contribution >= 0.6 is 15.9 Å². The minimum atomic E-state index is -1.05. The molecular weight excluding hydrogens is 254 g/mol. The zero-order valence-corrected chi connectivity index (χ0v) is 8.54. The molecule has 0 bridgehead atoms. The van der Waals surface area contributed by atoms with E-state index in [0.717, 1.165) is 7.11 Å². The molecule has 1 aromatic rings. The van der Waals surface area contributed by atoms with Gasteiger partial charge in [0, 0.05) is 6.04 Å². The Kier molecular flexibility index (Phi) is 2.08. The van der Waals surface area contributed by atoms with E-state index < -0.39 is 40.3 Å². The Balaban J connectivity index is 3.74. The lowest BCUT2D eigenvalue weighted by molar-refractivity contribution is -0.385. The molecule has 0 amide bonds. The van der Waals surface area contributed by atoms with Gasteiger partial charge in [0.25, 0.3) is 5.69 Å². The summed E-state index contributed by atoms with van der Waals surface area (Å²) in [6.45, 7) is 0. The highest BCUT2D eigenvalue weighted by Crippen LogP contribution is 2.25. The summed E-state index contributed by atoms with van der Waals surface area (Å²) < 4.78 is 26.5. The van der Waals surface area contributed by atoms with Gasteiger partial charge >= 0.3 is 5.97 Å². The number of rotatable bonds is 2. The van der Waals surface area contributed by atoms with Gasteiger partial charge in [0.2, 0.25) is 0 Å². The maximum atomic E-state index is 11.3. The van der Waals surface area contributed by atoms with Crippen LogP contribution in [0.25, 0.3) is 0 Å². The normalized spacial score (nSPS) is 12.6. The van der Waals surface area contributed by atoms with Gasteiger partial charge < -0.3 is 4.74 Å². The van der Waals surface area contributed by atoms with Crippen LogP contribution in [0.15, 0.2) is 22.6 Å². The predicted octanol–water partition coefficient (Wildman–Crippen LogP) is 2.14. The quantitative estimate of drug-likeness (QED) is 0.465. The minimum Gasteiger partial charge on any atom is -0.465 e. The molecule has 0 atom stereocenters. The van der Waals surface area contributed by atoms with Gasteiger partial charge in [0.1, 0.15) is 0 Å². The summed E-state index contributed by atoms with van der Waals surface area (Å²) in [6.07, 6.45) is 0. The van der Waals surface area contributed by atoms with Crippen molar-refractivity contribution < 1.29 is 18.6 Å². The maximum Gasteiger partial charge on any atom is 0.338 e. The van der Waals surface area contributed by atoms with Crippen molar-refractivity contribution in [1.29, 1.82) is 0 Å². The molecule has 0 saturated heterocycles. The van der Waals surface area contributed by atoms with Gasteiger partial charge in [-0.25, -0.2) is 4.79 Å². The van der Waals surface area contributed by atoms with Gasteiger partial charge in [-0.2, -0.15) is 0 Å². The number of hydrogen-bond acceptors (Lipinski definition) is 4. The molecule has 0 aliphatic heterocycles. The van der Waals surface area contributed by atoms with Gasteiger partial charge in [-0.05, 0) is 28.0 Å². The van der Waals surface area contributed by atoms with E-state index in [1.54, 1.807) is 0 Å². The van der Waals surface area contributed by atoms with Crippen LogP contribution < -0.4 is 0 Å². The van der Waals surface area contributed by atoms with E-state index in [1.807, 2.05) is 0 Å². The fourth-order valence-electron chi connectivity index (χ4n) is 0.711. The fraction of sp³-hybridized carbons (Fsp3) is 0.125. The lowest BCUT2D eigenvalue weighted by Gasteiger charge is -1.99. The Morgan fingerprint density at radius 3 is 2.86 bits per heavy atom. The van der Waals surface area contributed by atoms with Crippen molar-refractivity contribution in [3.63, 3.8) is 0 Å². The van der Waals surface area contributed by atoms with Crippen molar-refractivity contribution in [1.82, 2.24) is 0 Å². The SMILES string of the molecule is [2H]c1c([2H])c(C(=O)OC)c([2H])c([N+](=O)[O-])c1Br. The third-order valence-electron chi connectivity index (χ3n) is 1.32. The van der Waals surface area contributed by atoms with E-state index in [-0.39, 0.29) is 4.47 Å². The number of benzene rings is 1. The van der Waals surface area contributed by atoms with E-state index in [0.29, 0.717) is 0 Å². The molecule has 1 rings (SSSR count). The number of nitrogens with zero attached hydrogens (tertiary/aromatic N) is 1. The first-order valence-corrected chi connectivity index (χ1v) is 4.14. The molecular formula is C8H6BrNO4. The number of nitro benzene ring substituents is 1. The van der Waals surface area contributed by atoms with Crippen LogP contribution in [-0.2, 0) is 4.74 Å². The van der Waals surface area contributed by atoms with Crippen LogP contribution in [0.5, 0.6) is 0 Å². The maximum absolute atomic E-state index is 11.3. The summed E-state index contributed by atoms with van der Waals surface area (Å²) in [5.74, 6) is -1.05. The molecule has 0 N–H and O–H groups in total. The summed E-state index contributed by atoms with van der Waals surface area (Å²) in [6, 6.07) is -1.86. The van der Waals surface area contributed by atoms with Gasteiger partial charge in [-0.1, -0.05) is 0 Å². The molecule has 5 nitrogen and oxygen atoms in total. The molecule has 0 aliphatic rings. The molecule has 0 saturated carbocycles. The van der Waals surface area contributed by atoms with Crippen molar-refractivity contribution in [3.05, 3.63) is 38.3 Å². The number of methoxy groups -OCH3 is 1. The van der Waals surface area contributed by atoms with Gasteiger partial charge in [0.15, 0.2) is 0 Å². The van der Waals surface area contributed by atoms with E-state index in [4.69, 9.17) is 4.11 Å². The first-order chi connectivity index (χ1) is 7.82. The number of esters is 1. The average Bonchev–Trinajstić information content (AvgIpc) is 2.25. The Morgan fingerprint density at radius 1 is 1.71 bits per heavy atom. The van der Waals surface area contributed by atoms with Crippen LogP contribution in [0.1, 0.15) is 14.5 Å². The Morgan fingerprint density at radius 2 is 2.36 bits per heavy atom. The average molecular weight is 263 g/mol. The number of carbonyl (C=O) groups is 1. The number of ether oxygens (including phenoxy) is 1. The second-order valence-electron chi connectivity index (χ2n) is 2.16. The molecule has 0 aliphatic carbocycles. The second-order valence-corrected chi connectivity index (χ2v) is 2.95. The van der Waals surface area contributed by atoms with Crippen molar-refractivity contribution in [2.24, 2.45) is 0 Å². The van der Waals surface area contributed by atoms with Crippen LogP contribution in [0.2, 0.25) is 0 Å². The molecule has 0 unspecified atom stereocenters. The van der Waals surface area contributed by atoms with E-state index in [2.05, 4.69) is 20.7 Å². The van der Waals surface area contributed by atoms with E-state index >= 15 is 0 Å². The number of nitro groups is 1. The Bertz CT molecular complexity index is 520. The Hall–Kier alpha value is -1.43. The minimum absolute atomic E-state index is 0.301. The summed E-state index contributed by atoms with van der Waals surface area (Å²) >= 11 is 2.77. The summed E-state index contributed by atoms with van der Waals surface area (Å²) in [7, 11) is 1.03. The third-order valence-corrected chi connectivity index (χ3v) is 1.89. The van der Waals surface area contributed by atoms with Crippen LogP contribution in [0, 0.1) is 10.1 Å². The largest absolute Gasteiger partial charge is 0.465 e. The highest BCUT2D eigenvalue weighted by atomic mass is 79.9. The molecule has 0 heterocycles. The monoisotopic (exact) mass is 262 g/mol. The lowest BCUT2D eigenvalue weighted by Crippen LogP contribution is -2.02. The first kappa shape index (κ1) is 6.94. The highest BCUT2D eigenvalue weighted by molar-refractivity contribution is 9.10. The molecule has 0 radical (unpaired) electrons. The van der Waals surface area contributed by atoms with E-state index in [1.165, 1.54) is 0 Å². The predicted molar refractivity (Wildman–Crippen MR) is 52.1 cm³/mol. The fourth-order valence-corrected chi connectivity index (χ4v) is 1.05. The summed E-state index contributed by atoms with van der Waals surface area (Å²) in [5.41, 5.74) is -1.32. The van der Waals surface area contributed by atoms with E-state index in [9.17, 15) is 14.9 Å². The number of hydrogen-bond donors (Lipinski definition) is 0. The Labute approximate surface area is 92.2 Å². The van der Waals surface area contributed by atoms with Crippen LogP contribution in [-0.4, -0.2) is 18.0 Å². The topological polar surface area (TPSA) is 69.4 Å². The number of carbonyl (C=O) groups excluding carboxylic acids is 1. The van der Waals surface area contributed by atoms with Crippen LogP contribution in [0.3, 0.4) is 0 Å². The second kappa shape index (κ2) is 4.19. The molecule has 6 heteroatoms. The molecule has 0 fully saturated rings. The molecule has 0 spiro atoms. The third kappa shape index (κ3) is 2.08.